The zero-order valence-corrected chi connectivity index (χ0v) is 11.3. The molecule has 0 radical (unpaired) electrons. The lowest BCUT2D eigenvalue weighted by Crippen LogP contribution is -1.89. The van der Waals surface area contributed by atoms with Gasteiger partial charge in [0.25, 0.3) is 0 Å². The second-order valence-corrected chi connectivity index (χ2v) is 4.65. The van der Waals surface area contributed by atoms with Gasteiger partial charge in [-0.2, -0.15) is 0 Å². The van der Waals surface area contributed by atoms with Gasteiger partial charge in [-0.3, -0.25) is 0 Å². The normalized spacial score (nSPS) is 11.7. The largest absolute Gasteiger partial charge is 0.207 e. The molecule has 0 spiro atoms. The fraction of sp³-hybridized carbons (Fsp3) is 0.0667. The fourth-order valence-electron chi connectivity index (χ4n) is 1.70. The molecule has 0 saturated carbocycles. The zero-order chi connectivity index (χ0) is 13.8. The number of benzene rings is 2. The highest BCUT2D eigenvalue weighted by molar-refractivity contribution is 6.33. The summed E-state index contributed by atoms with van der Waals surface area (Å²) in [4.78, 5) is 0. The minimum atomic E-state index is -0.399. The molecule has 19 heavy (non-hydrogen) atoms. The molecule has 0 unspecified atom stereocenters. The van der Waals surface area contributed by atoms with Crippen molar-refractivity contribution < 1.29 is 8.78 Å². The van der Waals surface area contributed by atoms with E-state index in [1.54, 1.807) is 24.3 Å². The third-order valence-corrected chi connectivity index (χ3v) is 3.23. The van der Waals surface area contributed by atoms with Crippen LogP contribution in [0.3, 0.4) is 0 Å². The van der Waals surface area contributed by atoms with Crippen LogP contribution >= 0.6 is 23.2 Å². The summed E-state index contributed by atoms with van der Waals surface area (Å²) in [7, 11) is 0. The molecule has 0 aliphatic rings. The first kappa shape index (κ1) is 14.0. The van der Waals surface area contributed by atoms with E-state index in [0.717, 1.165) is 11.1 Å². The third-order valence-electron chi connectivity index (χ3n) is 2.63. The Hall–Kier alpha value is -1.38. The Balaban J connectivity index is 2.41. The van der Waals surface area contributed by atoms with E-state index in [2.05, 4.69) is 0 Å². The minimum absolute atomic E-state index is 0.225. The molecule has 2 aromatic carbocycles. The van der Waals surface area contributed by atoms with E-state index in [0.29, 0.717) is 10.6 Å². The van der Waals surface area contributed by atoms with Crippen molar-refractivity contribution in [3.05, 3.63) is 70.2 Å². The van der Waals surface area contributed by atoms with Gasteiger partial charge >= 0.3 is 0 Å². The van der Waals surface area contributed by atoms with Crippen LogP contribution in [0.15, 0.2) is 42.5 Å². The molecule has 0 bridgehead atoms. The van der Waals surface area contributed by atoms with Crippen molar-refractivity contribution in [1.82, 2.24) is 0 Å². The first-order valence-corrected chi connectivity index (χ1v) is 6.49. The molecule has 0 atom stereocenters. The Bertz CT molecular complexity index is 604. The van der Waals surface area contributed by atoms with Gasteiger partial charge in [0.1, 0.15) is 11.6 Å². The van der Waals surface area contributed by atoms with Crippen LogP contribution in [0.5, 0.6) is 0 Å². The average molecular weight is 299 g/mol. The van der Waals surface area contributed by atoms with Crippen LogP contribution in [0, 0.1) is 11.6 Å². The third kappa shape index (κ3) is 3.55. The summed E-state index contributed by atoms with van der Waals surface area (Å²) >= 11 is 11.9. The Kier molecular flexibility index (Phi) is 4.56. The van der Waals surface area contributed by atoms with Crippen molar-refractivity contribution in [2.75, 3.05) is 5.88 Å². The SMILES string of the molecule is Fc1ccc(/C=C(\CCl)c2ccc(F)cc2Cl)cc1. The lowest BCUT2D eigenvalue weighted by molar-refractivity contribution is 0.627. The van der Waals surface area contributed by atoms with Crippen molar-refractivity contribution in [1.29, 1.82) is 0 Å². The molecular weight excluding hydrogens is 289 g/mol. The molecule has 0 N–H and O–H groups in total. The molecule has 0 aliphatic heterocycles. The first-order chi connectivity index (χ1) is 9.10. The van der Waals surface area contributed by atoms with E-state index in [9.17, 15) is 8.78 Å². The van der Waals surface area contributed by atoms with E-state index >= 15 is 0 Å². The van der Waals surface area contributed by atoms with Crippen LogP contribution in [-0.4, -0.2) is 5.88 Å². The van der Waals surface area contributed by atoms with Crippen LogP contribution < -0.4 is 0 Å². The topological polar surface area (TPSA) is 0 Å². The van der Waals surface area contributed by atoms with Gasteiger partial charge in [0.15, 0.2) is 0 Å². The highest BCUT2D eigenvalue weighted by Crippen LogP contribution is 2.27. The molecule has 4 heteroatoms. The van der Waals surface area contributed by atoms with E-state index in [-0.39, 0.29) is 11.7 Å². The number of rotatable bonds is 3. The number of alkyl halides is 1. The maximum atomic E-state index is 13.0. The van der Waals surface area contributed by atoms with Gasteiger partial charge in [0.05, 0.1) is 5.02 Å². The van der Waals surface area contributed by atoms with Crippen LogP contribution in [0.2, 0.25) is 5.02 Å². The summed E-state index contributed by atoms with van der Waals surface area (Å²) in [6.45, 7) is 0. The van der Waals surface area contributed by atoms with Crippen molar-refractivity contribution in [3.63, 3.8) is 0 Å². The predicted molar refractivity (Wildman–Crippen MR) is 76.4 cm³/mol. The molecule has 0 aliphatic carbocycles. The van der Waals surface area contributed by atoms with Crippen LogP contribution in [-0.2, 0) is 0 Å². The van der Waals surface area contributed by atoms with Gasteiger partial charge in [0.2, 0.25) is 0 Å². The maximum Gasteiger partial charge on any atom is 0.124 e. The monoisotopic (exact) mass is 298 g/mol. The van der Waals surface area contributed by atoms with E-state index < -0.39 is 5.82 Å². The second-order valence-electron chi connectivity index (χ2n) is 3.98. The standard InChI is InChI=1S/C15H10Cl2F2/c16-9-11(7-10-1-3-12(18)4-2-10)14-6-5-13(19)8-15(14)17/h1-8H,9H2/b11-7+. The van der Waals surface area contributed by atoms with Crippen molar-refractivity contribution in [2.45, 2.75) is 0 Å². The van der Waals surface area contributed by atoms with Crippen LogP contribution in [0.25, 0.3) is 11.6 Å². The van der Waals surface area contributed by atoms with Crippen LogP contribution in [0.1, 0.15) is 11.1 Å². The summed E-state index contributed by atoms with van der Waals surface area (Å²) in [5.74, 6) is -0.475. The number of hydrogen-bond donors (Lipinski definition) is 0. The Morgan fingerprint density at radius 3 is 2.21 bits per heavy atom. The smallest absolute Gasteiger partial charge is 0.124 e. The van der Waals surface area contributed by atoms with Crippen LogP contribution in [0.4, 0.5) is 8.78 Å². The second kappa shape index (κ2) is 6.18. The molecule has 0 aromatic heterocycles. The van der Waals surface area contributed by atoms with Gasteiger partial charge in [-0.15, -0.1) is 11.6 Å². The summed E-state index contributed by atoms with van der Waals surface area (Å²) in [6.07, 6.45) is 1.80. The van der Waals surface area contributed by atoms with Gasteiger partial charge in [0, 0.05) is 5.88 Å². The summed E-state index contributed by atoms with van der Waals surface area (Å²) in [5, 5.41) is 0.300. The minimum Gasteiger partial charge on any atom is -0.207 e. The molecule has 0 nitrogen and oxygen atoms in total. The number of halogens is 4. The highest BCUT2D eigenvalue weighted by atomic mass is 35.5. The van der Waals surface area contributed by atoms with Crippen molar-refractivity contribution in [3.8, 4) is 0 Å². The molecule has 0 amide bonds. The molecular formula is C15H10Cl2F2. The summed E-state index contributed by atoms with van der Waals surface area (Å²) < 4.78 is 25.8. The Morgan fingerprint density at radius 1 is 1.00 bits per heavy atom. The fourth-order valence-corrected chi connectivity index (χ4v) is 2.21. The molecule has 2 rings (SSSR count). The van der Waals surface area contributed by atoms with E-state index in [4.69, 9.17) is 23.2 Å². The van der Waals surface area contributed by atoms with Gasteiger partial charge < -0.3 is 0 Å². The Morgan fingerprint density at radius 2 is 1.63 bits per heavy atom. The maximum absolute atomic E-state index is 13.0. The van der Waals surface area contributed by atoms with Crippen molar-refractivity contribution >= 4 is 34.9 Å². The molecule has 0 heterocycles. The molecule has 0 fully saturated rings. The lowest BCUT2D eigenvalue weighted by atomic mass is 10.0. The molecule has 0 saturated heterocycles. The van der Waals surface area contributed by atoms with Gasteiger partial charge in [-0.05, 0) is 47.0 Å². The number of hydrogen-bond acceptors (Lipinski definition) is 0. The summed E-state index contributed by atoms with van der Waals surface area (Å²) in [5.41, 5.74) is 2.22. The van der Waals surface area contributed by atoms with E-state index in [1.165, 1.54) is 24.3 Å². The highest BCUT2D eigenvalue weighted by Gasteiger charge is 2.07. The van der Waals surface area contributed by atoms with E-state index in [1.807, 2.05) is 0 Å². The number of allylic oxidation sites excluding steroid dienone is 1. The summed E-state index contributed by atoms with van der Waals surface area (Å²) in [6, 6.07) is 10.1. The zero-order valence-electron chi connectivity index (χ0n) is 9.84. The predicted octanol–water partition coefficient (Wildman–Crippen LogP) is 5.40. The first-order valence-electron chi connectivity index (χ1n) is 5.57. The van der Waals surface area contributed by atoms with Gasteiger partial charge in [-0.25, -0.2) is 8.78 Å². The van der Waals surface area contributed by atoms with Crippen molar-refractivity contribution in [2.24, 2.45) is 0 Å². The molecule has 98 valence electrons. The molecule has 2 aromatic rings. The Labute approximate surface area is 120 Å². The average Bonchev–Trinajstić information content (AvgIpc) is 2.39. The quantitative estimate of drug-likeness (QED) is 0.526. The van der Waals surface area contributed by atoms with Gasteiger partial charge in [-0.1, -0.05) is 29.8 Å². The lowest BCUT2D eigenvalue weighted by Gasteiger charge is -2.07.